The molecule has 0 saturated carbocycles. The normalized spacial score (nSPS) is 14.7. The Bertz CT molecular complexity index is 297. The van der Waals surface area contributed by atoms with Gasteiger partial charge >= 0.3 is 0 Å². The zero-order valence-electron chi connectivity index (χ0n) is 8.10. The van der Waals surface area contributed by atoms with E-state index in [1.807, 2.05) is 37.3 Å². The largest absolute Gasteiger partial charge is 0.379 e. The summed E-state index contributed by atoms with van der Waals surface area (Å²) in [6.07, 6.45) is 0. The highest BCUT2D eigenvalue weighted by atomic mass is 32.2. The molecule has 0 saturated heterocycles. The molecule has 76 valence electrons. The summed E-state index contributed by atoms with van der Waals surface area (Å²) in [4.78, 5) is 0. The molecule has 0 spiro atoms. The number of nitrogens with one attached hydrogen (secondary N) is 1. The maximum absolute atomic E-state index is 7.25. The summed E-state index contributed by atoms with van der Waals surface area (Å²) in [6.45, 7) is 1.92. The highest BCUT2D eigenvalue weighted by Crippen LogP contribution is 2.30. The quantitative estimate of drug-likeness (QED) is 0.524. The number of benzene rings is 1. The van der Waals surface area contributed by atoms with Crippen LogP contribution in [0.2, 0.25) is 0 Å². The van der Waals surface area contributed by atoms with Gasteiger partial charge in [-0.25, -0.2) is 0 Å². The Morgan fingerprint density at radius 2 is 1.93 bits per heavy atom. The van der Waals surface area contributed by atoms with E-state index in [1.165, 1.54) is 11.8 Å². The maximum Gasteiger partial charge on any atom is 0.151 e. The van der Waals surface area contributed by atoms with E-state index in [-0.39, 0.29) is 16.5 Å². The van der Waals surface area contributed by atoms with Crippen molar-refractivity contribution in [1.82, 2.24) is 0 Å². The van der Waals surface area contributed by atoms with Crippen molar-refractivity contribution < 1.29 is 0 Å². The van der Waals surface area contributed by atoms with Crippen molar-refractivity contribution in [3.63, 3.8) is 0 Å². The topological polar surface area (TPSA) is 75.9 Å². The summed E-state index contributed by atoms with van der Waals surface area (Å²) in [5.41, 5.74) is 12.3. The number of hydrogen-bond donors (Lipinski definition) is 3. The number of nitrogens with two attached hydrogens (primary N) is 2. The lowest BCUT2D eigenvalue weighted by Gasteiger charge is -2.19. The first-order valence-electron chi connectivity index (χ1n) is 4.42. The molecule has 0 amide bonds. The molecule has 2 unspecified atom stereocenters. The second kappa shape index (κ2) is 5.02. The minimum atomic E-state index is -0.0219. The molecule has 0 aliphatic rings. The molecule has 5 N–H and O–H groups in total. The van der Waals surface area contributed by atoms with Crippen molar-refractivity contribution >= 4 is 16.9 Å². The smallest absolute Gasteiger partial charge is 0.151 e. The van der Waals surface area contributed by atoms with Crippen molar-refractivity contribution in [2.75, 3.05) is 0 Å². The summed E-state index contributed by atoms with van der Waals surface area (Å²) in [7, 11) is 0. The summed E-state index contributed by atoms with van der Waals surface area (Å²) < 4.78 is 0. The van der Waals surface area contributed by atoms with Crippen molar-refractivity contribution in [2.45, 2.75) is 18.2 Å². The van der Waals surface area contributed by atoms with E-state index < -0.39 is 0 Å². The van der Waals surface area contributed by atoms with E-state index in [0.29, 0.717) is 0 Å². The molecule has 0 aliphatic carbocycles. The average molecular weight is 209 g/mol. The first-order valence-corrected chi connectivity index (χ1v) is 5.30. The molecule has 2 atom stereocenters. The van der Waals surface area contributed by atoms with Gasteiger partial charge in [-0.3, -0.25) is 5.41 Å². The van der Waals surface area contributed by atoms with Crippen molar-refractivity contribution in [3.8, 4) is 0 Å². The van der Waals surface area contributed by atoms with E-state index in [9.17, 15) is 0 Å². The molecule has 3 nitrogen and oxygen atoms in total. The van der Waals surface area contributed by atoms with Gasteiger partial charge in [-0.1, -0.05) is 42.1 Å². The maximum atomic E-state index is 7.25. The Morgan fingerprint density at radius 3 is 2.36 bits per heavy atom. The second-order valence-electron chi connectivity index (χ2n) is 3.17. The molecule has 1 aromatic rings. The lowest BCUT2D eigenvalue weighted by atomic mass is 10.1. The van der Waals surface area contributed by atoms with E-state index in [4.69, 9.17) is 16.9 Å². The first-order chi connectivity index (χ1) is 6.61. The summed E-state index contributed by atoms with van der Waals surface area (Å²) in [5.74, 6) is 0. The predicted octanol–water partition coefficient (Wildman–Crippen LogP) is 1.70. The minimum absolute atomic E-state index is 0.0219. The molecule has 4 heteroatoms. The molecule has 1 rings (SSSR count). The van der Waals surface area contributed by atoms with Crippen LogP contribution >= 0.6 is 11.8 Å². The highest BCUT2D eigenvalue weighted by Gasteiger charge is 2.17. The van der Waals surface area contributed by atoms with Crippen LogP contribution in [-0.2, 0) is 0 Å². The summed E-state index contributed by atoms with van der Waals surface area (Å²) >= 11 is 1.30. The van der Waals surface area contributed by atoms with Crippen LogP contribution < -0.4 is 11.5 Å². The monoisotopic (exact) mass is 209 g/mol. The van der Waals surface area contributed by atoms with Crippen LogP contribution in [0.3, 0.4) is 0 Å². The molecule has 0 radical (unpaired) electrons. The average Bonchev–Trinajstić information content (AvgIpc) is 2.15. The van der Waals surface area contributed by atoms with Crippen LogP contribution in [0, 0.1) is 5.41 Å². The lowest BCUT2D eigenvalue weighted by Crippen LogP contribution is -2.24. The van der Waals surface area contributed by atoms with Gasteiger partial charge in [0.05, 0.1) is 5.25 Å². The molecule has 0 aliphatic heterocycles. The fourth-order valence-corrected chi connectivity index (χ4v) is 2.04. The highest BCUT2D eigenvalue weighted by molar-refractivity contribution is 8.13. The van der Waals surface area contributed by atoms with Crippen molar-refractivity contribution in [3.05, 3.63) is 35.9 Å². The van der Waals surface area contributed by atoms with E-state index in [1.54, 1.807) is 0 Å². The fourth-order valence-electron chi connectivity index (χ4n) is 1.26. The molecular weight excluding hydrogens is 194 g/mol. The number of hydrogen-bond acceptors (Lipinski definition) is 3. The zero-order valence-corrected chi connectivity index (χ0v) is 8.92. The standard InChI is InChI=1S/C10H15N3S/c1-7(11)9(14-10(12)13)8-5-3-2-4-6-8/h2-7,9H,11H2,1H3,(H3,12,13). The van der Waals surface area contributed by atoms with Gasteiger partial charge in [0.1, 0.15) is 0 Å². The Balaban J connectivity index is 2.83. The van der Waals surface area contributed by atoms with Gasteiger partial charge in [0, 0.05) is 6.04 Å². The van der Waals surface area contributed by atoms with Gasteiger partial charge in [-0.05, 0) is 12.5 Å². The van der Waals surface area contributed by atoms with Crippen molar-refractivity contribution in [2.24, 2.45) is 11.5 Å². The van der Waals surface area contributed by atoms with Gasteiger partial charge in [0.15, 0.2) is 5.17 Å². The van der Waals surface area contributed by atoms with Crippen molar-refractivity contribution in [1.29, 1.82) is 5.41 Å². The summed E-state index contributed by atoms with van der Waals surface area (Å²) in [5, 5.41) is 7.42. The predicted molar refractivity (Wildman–Crippen MR) is 62.3 cm³/mol. The van der Waals surface area contributed by atoms with Crippen LogP contribution in [0.1, 0.15) is 17.7 Å². The third kappa shape index (κ3) is 3.05. The van der Waals surface area contributed by atoms with Crippen LogP contribution in [0.5, 0.6) is 0 Å². The molecule has 1 aromatic carbocycles. The van der Waals surface area contributed by atoms with Crippen LogP contribution in [-0.4, -0.2) is 11.2 Å². The third-order valence-electron chi connectivity index (χ3n) is 1.86. The molecular formula is C10H15N3S. The van der Waals surface area contributed by atoms with Crippen LogP contribution in [0.15, 0.2) is 30.3 Å². The van der Waals surface area contributed by atoms with E-state index >= 15 is 0 Å². The third-order valence-corrected chi connectivity index (χ3v) is 3.07. The number of rotatable bonds is 3. The molecule has 0 fully saturated rings. The molecule has 0 bridgehead atoms. The van der Waals surface area contributed by atoms with Crippen LogP contribution in [0.25, 0.3) is 0 Å². The number of amidine groups is 1. The molecule has 0 heterocycles. The van der Waals surface area contributed by atoms with Gasteiger partial charge in [0.2, 0.25) is 0 Å². The Morgan fingerprint density at radius 1 is 1.36 bits per heavy atom. The summed E-state index contributed by atoms with van der Waals surface area (Å²) in [6, 6.07) is 9.87. The Labute approximate surface area is 88.4 Å². The first kappa shape index (κ1) is 11.1. The lowest BCUT2D eigenvalue weighted by molar-refractivity contribution is 0.724. The Kier molecular flexibility index (Phi) is 3.98. The zero-order chi connectivity index (χ0) is 10.6. The number of thioether (sulfide) groups is 1. The SMILES string of the molecule is CC(N)C(SC(=N)N)c1ccccc1. The molecule has 14 heavy (non-hydrogen) atoms. The van der Waals surface area contributed by atoms with Gasteiger partial charge in [-0.15, -0.1) is 0 Å². The van der Waals surface area contributed by atoms with E-state index in [0.717, 1.165) is 5.56 Å². The Hall–Kier alpha value is -1.00. The van der Waals surface area contributed by atoms with Gasteiger partial charge in [0.25, 0.3) is 0 Å². The minimum Gasteiger partial charge on any atom is -0.379 e. The van der Waals surface area contributed by atoms with Gasteiger partial charge < -0.3 is 11.5 Å². The van der Waals surface area contributed by atoms with E-state index in [2.05, 4.69) is 0 Å². The second-order valence-corrected chi connectivity index (χ2v) is 4.36. The van der Waals surface area contributed by atoms with Gasteiger partial charge in [-0.2, -0.15) is 0 Å². The molecule has 0 aromatic heterocycles. The van der Waals surface area contributed by atoms with Crippen LogP contribution in [0.4, 0.5) is 0 Å². The fraction of sp³-hybridized carbons (Fsp3) is 0.300.